The molecule has 0 aliphatic rings. The van der Waals surface area contributed by atoms with Gasteiger partial charge in [0.05, 0.1) is 6.10 Å². The first-order chi connectivity index (χ1) is 3.77. The van der Waals surface area contributed by atoms with E-state index in [1.54, 1.807) is 13.3 Å². The molecule has 8 heavy (non-hydrogen) atoms. The molecule has 0 saturated carbocycles. The zero-order chi connectivity index (χ0) is 6.41. The smallest absolute Gasteiger partial charge is 0.0512 e. The van der Waals surface area contributed by atoms with Crippen molar-refractivity contribution in [1.82, 2.24) is 0 Å². The van der Waals surface area contributed by atoms with Crippen LogP contribution in [0.15, 0.2) is 0 Å². The molecule has 0 aromatic heterocycles. The van der Waals surface area contributed by atoms with Gasteiger partial charge in [0, 0.05) is 6.61 Å². The van der Waals surface area contributed by atoms with Crippen LogP contribution in [0.5, 0.6) is 0 Å². The molecule has 2 N–H and O–H groups in total. The molecule has 0 bridgehead atoms. The highest BCUT2D eigenvalue weighted by Crippen LogP contribution is 1.96. The highest BCUT2D eigenvalue weighted by atomic mass is 16.3. The second-order valence-corrected chi connectivity index (χ2v) is 1.90. The molecule has 0 rings (SSSR count). The van der Waals surface area contributed by atoms with Gasteiger partial charge in [-0.05, 0) is 26.2 Å². The van der Waals surface area contributed by atoms with Gasteiger partial charge in [0.25, 0.3) is 0 Å². The second kappa shape index (κ2) is 5.06. The lowest BCUT2D eigenvalue weighted by atomic mass is 10.2. The van der Waals surface area contributed by atoms with Crippen molar-refractivity contribution in [2.24, 2.45) is 0 Å². The molecule has 49 valence electrons. The maximum Gasteiger partial charge on any atom is 0.0512 e. The summed E-state index contributed by atoms with van der Waals surface area (Å²) >= 11 is 0. The zero-order valence-corrected chi connectivity index (χ0v) is 5.17. The lowest BCUT2D eigenvalue weighted by Crippen LogP contribution is -1.99. The summed E-state index contributed by atoms with van der Waals surface area (Å²) in [4.78, 5) is 0. The van der Waals surface area contributed by atoms with E-state index in [-0.39, 0.29) is 12.7 Å². The minimum Gasteiger partial charge on any atom is -0.396 e. The number of aliphatic hydroxyl groups excluding tert-OH is 2. The molecule has 0 spiro atoms. The highest BCUT2D eigenvalue weighted by Gasteiger charge is 1.92. The fraction of sp³-hybridized carbons (Fsp3) is 0.833. The molecule has 0 amide bonds. The standard InChI is InChI=1S/C6H13O2/c1-6(8)4-2-3-5-7/h3,6-8H,2,4-5H2,1H3. The van der Waals surface area contributed by atoms with Gasteiger partial charge in [-0.25, -0.2) is 0 Å². The number of hydrogen-bond acceptors (Lipinski definition) is 2. The van der Waals surface area contributed by atoms with E-state index >= 15 is 0 Å². The van der Waals surface area contributed by atoms with Crippen molar-refractivity contribution in [3.63, 3.8) is 0 Å². The average Bonchev–Trinajstić information content (AvgIpc) is 1.66. The van der Waals surface area contributed by atoms with Crippen LogP contribution in [0.3, 0.4) is 0 Å². The Kier molecular flexibility index (Phi) is 5.01. The van der Waals surface area contributed by atoms with E-state index in [4.69, 9.17) is 10.2 Å². The fourth-order valence-electron chi connectivity index (χ4n) is 0.450. The van der Waals surface area contributed by atoms with Gasteiger partial charge in [-0.15, -0.1) is 0 Å². The Labute approximate surface area is 50.2 Å². The highest BCUT2D eigenvalue weighted by molar-refractivity contribution is 4.63. The van der Waals surface area contributed by atoms with Crippen LogP contribution < -0.4 is 0 Å². The molecular formula is C6H13O2. The summed E-state index contributed by atoms with van der Waals surface area (Å²) in [6.45, 7) is 1.86. The third-order valence-corrected chi connectivity index (χ3v) is 0.918. The van der Waals surface area contributed by atoms with Crippen molar-refractivity contribution in [3.05, 3.63) is 6.42 Å². The monoisotopic (exact) mass is 117 g/mol. The van der Waals surface area contributed by atoms with Crippen LogP contribution in [0.25, 0.3) is 0 Å². The Morgan fingerprint density at radius 2 is 2.25 bits per heavy atom. The van der Waals surface area contributed by atoms with Crippen LogP contribution in [-0.2, 0) is 0 Å². The molecule has 0 aliphatic heterocycles. The molecule has 2 nitrogen and oxygen atoms in total. The quantitative estimate of drug-likeness (QED) is 0.521. The average molecular weight is 117 g/mol. The van der Waals surface area contributed by atoms with Crippen LogP contribution in [-0.4, -0.2) is 22.9 Å². The summed E-state index contributed by atoms with van der Waals surface area (Å²) in [7, 11) is 0. The van der Waals surface area contributed by atoms with Gasteiger partial charge in [0.1, 0.15) is 0 Å². The van der Waals surface area contributed by atoms with Gasteiger partial charge in [0.2, 0.25) is 0 Å². The Hall–Kier alpha value is -0.0800. The topological polar surface area (TPSA) is 40.5 Å². The van der Waals surface area contributed by atoms with Gasteiger partial charge in [-0.1, -0.05) is 0 Å². The van der Waals surface area contributed by atoms with Crippen LogP contribution in [0.1, 0.15) is 19.8 Å². The van der Waals surface area contributed by atoms with E-state index in [1.165, 1.54) is 0 Å². The van der Waals surface area contributed by atoms with Crippen molar-refractivity contribution < 1.29 is 10.2 Å². The van der Waals surface area contributed by atoms with Crippen molar-refractivity contribution in [2.75, 3.05) is 6.61 Å². The maximum atomic E-state index is 8.68. The second-order valence-electron chi connectivity index (χ2n) is 1.90. The zero-order valence-electron chi connectivity index (χ0n) is 5.17. The molecule has 0 heterocycles. The molecule has 1 unspecified atom stereocenters. The summed E-state index contributed by atoms with van der Waals surface area (Å²) in [6, 6.07) is 0. The van der Waals surface area contributed by atoms with Crippen LogP contribution in [0, 0.1) is 6.42 Å². The molecular weight excluding hydrogens is 104 g/mol. The van der Waals surface area contributed by atoms with Crippen molar-refractivity contribution >= 4 is 0 Å². The fourth-order valence-corrected chi connectivity index (χ4v) is 0.450. The van der Waals surface area contributed by atoms with E-state index in [0.29, 0.717) is 0 Å². The van der Waals surface area contributed by atoms with Crippen LogP contribution in [0.4, 0.5) is 0 Å². The largest absolute Gasteiger partial charge is 0.396 e. The van der Waals surface area contributed by atoms with Gasteiger partial charge in [-0.2, -0.15) is 0 Å². The number of hydrogen-bond donors (Lipinski definition) is 2. The summed E-state index contributed by atoms with van der Waals surface area (Å²) in [5.74, 6) is 0. The van der Waals surface area contributed by atoms with E-state index in [0.717, 1.165) is 12.8 Å². The van der Waals surface area contributed by atoms with Gasteiger partial charge < -0.3 is 10.2 Å². The lowest BCUT2D eigenvalue weighted by Gasteiger charge is -1.99. The van der Waals surface area contributed by atoms with E-state index in [1.807, 2.05) is 0 Å². The molecule has 0 saturated heterocycles. The minimum absolute atomic E-state index is 0.118. The summed E-state index contributed by atoms with van der Waals surface area (Å²) in [5.41, 5.74) is 0. The third-order valence-electron chi connectivity index (χ3n) is 0.918. The van der Waals surface area contributed by atoms with Gasteiger partial charge >= 0.3 is 0 Å². The Morgan fingerprint density at radius 1 is 1.62 bits per heavy atom. The Morgan fingerprint density at radius 3 is 2.62 bits per heavy atom. The normalized spacial score (nSPS) is 13.9. The van der Waals surface area contributed by atoms with Crippen molar-refractivity contribution in [2.45, 2.75) is 25.9 Å². The Bertz CT molecular complexity index is 43.8. The summed E-state index contributed by atoms with van der Waals surface area (Å²) in [5, 5.41) is 16.9. The maximum absolute atomic E-state index is 8.68. The lowest BCUT2D eigenvalue weighted by molar-refractivity contribution is 0.182. The van der Waals surface area contributed by atoms with Crippen LogP contribution >= 0.6 is 0 Å². The first-order valence-electron chi connectivity index (χ1n) is 2.88. The molecule has 1 radical (unpaired) electrons. The molecule has 2 heteroatoms. The predicted octanol–water partition coefficient (Wildman–Crippen LogP) is 0.344. The first kappa shape index (κ1) is 7.92. The molecule has 0 fully saturated rings. The molecule has 0 aliphatic carbocycles. The first-order valence-corrected chi connectivity index (χ1v) is 2.88. The predicted molar refractivity (Wildman–Crippen MR) is 32.3 cm³/mol. The Balaban J connectivity index is 2.72. The van der Waals surface area contributed by atoms with Gasteiger partial charge in [0.15, 0.2) is 0 Å². The summed E-state index contributed by atoms with van der Waals surface area (Å²) in [6.07, 6.45) is 3.05. The number of aliphatic hydroxyl groups is 2. The molecule has 0 aromatic carbocycles. The number of rotatable bonds is 4. The van der Waals surface area contributed by atoms with Gasteiger partial charge in [-0.3, -0.25) is 0 Å². The van der Waals surface area contributed by atoms with E-state index < -0.39 is 0 Å². The van der Waals surface area contributed by atoms with Crippen molar-refractivity contribution in [3.8, 4) is 0 Å². The van der Waals surface area contributed by atoms with E-state index in [2.05, 4.69) is 0 Å². The van der Waals surface area contributed by atoms with Crippen LogP contribution in [0.2, 0.25) is 0 Å². The summed E-state index contributed by atoms with van der Waals surface area (Å²) < 4.78 is 0. The molecule has 1 atom stereocenters. The van der Waals surface area contributed by atoms with Crippen molar-refractivity contribution in [1.29, 1.82) is 0 Å². The molecule has 0 aromatic rings. The van der Waals surface area contributed by atoms with E-state index in [9.17, 15) is 0 Å². The third kappa shape index (κ3) is 5.92. The minimum atomic E-state index is -0.238. The SMILES string of the molecule is CC(O)CC[CH]CO. The number of unbranched alkanes of at least 4 members (excludes halogenated alkanes) is 1.